The van der Waals surface area contributed by atoms with Gasteiger partial charge in [0.1, 0.15) is 28.4 Å². The van der Waals surface area contributed by atoms with E-state index in [-0.39, 0.29) is 23.0 Å². The second kappa shape index (κ2) is 10.5. The Morgan fingerprint density at radius 3 is 2.53 bits per heavy atom. The highest BCUT2D eigenvalue weighted by molar-refractivity contribution is 5.91. The Labute approximate surface area is 178 Å². The number of phenols is 1. The molecule has 1 aliphatic carbocycles. The molecule has 0 heterocycles. The van der Waals surface area contributed by atoms with Crippen molar-refractivity contribution in [1.82, 2.24) is 0 Å². The lowest BCUT2D eigenvalue weighted by Gasteiger charge is -2.33. The van der Waals surface area contributed by atoms with Gasteiger partial charge in [0.15, 0.2) is 0 Å². The minimum Gasteiger partial charge on any atom is -0.509 e. The van der Waals surface area contributed by atoms with Gasteiger partial charge < -0.3 is 25.2 Å². The van der Waals surface area contributed by atoms with Gasteiger partial charge in [-0.25, -0.2) is 4.79 Å². The minimum atomic E-state index is -1.21. The van der Waals surface area contributed by atoms with E-state index in [1.807, 2.05) is 19.9 Å². The van der Waals surface area contributed by atoms with Crippen LogP contribution in [0.15, 0.2) is 35.6 Å². The van der Waals surface area contributed by atoms with Crippen molar-refractivity contribution in [2.75, 3.05) is 6.61 Å². The Morgan fingerprint density at radius 1 is 1.17 bits per heavy atom. The summed E-state index contributed by atoms with van der Waals surface area (Å²) in [5.74, 6) is -0.878. The van der Waals surface area contributed by atoms with Crippen LogP contribution in [0.3, 0.4) is 0 Å². The van der Waals surface area contributed by atoms with Crippen molar-refractivity contribution < 1.29 is 30.0 Å². The first-order chi connectivity index (χ1) is 14.2. The molecule has 0 saturated heterocycles. The number of unbranched alkanes of at least 4 members (excludes halogenated alkanes) is 3. The van der Waals surface area contributed by atoms with Crippen LogP contribution in [0.1, 0.15) is 75.2 Å². The zero-order valence-electron chi connectivity index (χ0n) is 18.1. The van der Waals surface area contributed by atoms with Crippen LogP contribution < -0.4 is 4.74 Å². The summed E-state index contributed by atoms with van der Waals surface area (Å²) in [7, 11) is 0. The van der Waals surface area contributed by atoms with E-state index >= 15 is 0 Å². The normalized spacial score (nSPS) is 21.1. The number of aliphatic hydroxyl groups is 2. The van der Waals surface area contributed by atoms with Gasteiger partial charge in [-0.15, -0.1) is 0 Å². The molecule has 166 valence electrons. The van der Waals surface area contributed by atoms with Crippen LogP contribution >= 0.6 is 0 Å². The maximum Gasteiger partial charge on any atom is 0.339 e. The van der Waals surface area contributed by atoms with Crippen molar-refractivity contribution in [3.63, 3.8) is 0 Å². The summed E-state index contributed by atoms with van der Waals surface area (Å²) < 4.78 is 5.82. The van der Waals surface area contributed by atoms with Crippen molar-refractivity contribution in [2.24, 2.45) is 5.92 Å². The fraction of sp³-hybridized carbons (Fsp3) is 0.542. The monoisotopic (exact) mass is 418 g/mol. The van der Waals surface area contributed by atoms with E-state index in [0.29, 0.717) is 24.3 Å². The van der Waals surface area contributed by atoms with Crippen molar-refractivity contribution in [3.05, 3.63) is 46.7 Å². The average molecular weight is 419 g/mol. The molecule has 2 rings (SSSR count). The van der Waals surface area contributed by atoms with Crippen LogP contribution in [0.4, 0.5) is 0 Å². The zero-order valence-corrected chi connectivity index (χ0v) is 18.1. The van der Waals surface area contributed by atoms with Crippen molar-refractivity contribution in [3.8, 4) is 11.5 Å². The first-order valence-electron chi connectivity index (χ1n) is 10.7. The molecule has 6 nitrogen and oxygen atoms in total. The number of allylic oxidation sites excluding steroid dienone is 2. The number of carboxylic acid groups (broad SMARTS) is 1. The molecule has 0 aromatic heterocycles. The molecule has 0 saturated carbocycles. The highest BCUT2D eigenvalue weighted by Crippen LogP contribution is 2.35. The Bertz CT molecular complexity index is 806. The van der Waals surface area contributed by atoms with Gasteiger partial charge in [-0.1, -0.05) is 44.3 Å². The number of carbonyl (C=O) groups is 1. The predicted octanol–water partition coefficient (Wildman–Crippen LogP) is 5.14. The van der Waals surface area contributed by atoms with E-state index in [9.17, 15) is 20.1 Å². The number of carboxylic acids is 1. The third kappa shape index (κ3) is 5.79. The molecule has 4 N–H and O–H groups in total. The second-order valence-electron chi connectivity index (χ2n) is 8.24. The van der Waals surface area contributed by atoms with Gasteiger partial charge >= 0.3 is 5.97 Å². The second-order valence-corrected chi connectivity index (χ2v) is 8.24. The van der Waals surface area contributed by atoms with Gasteiger partial charge in [0.05, 0.1) is 6.61 Å². The Morgan fingerprint density at radius 2 is 1.87 bits per heavy atom. The Hall–Kier alpha value is -2.47. The SMILES string of the molecule is CCCc1c(OCCCCCCC2C=C(C)C=C(O)C2(C)O)ccc(C(=O)O)c1O. The summed E-state index contributed by atoms with van der Waals surface area (Å²) in [5, 5.41) is 39.9. The van der Waals surface area contributed by atoms with Gasteiger partial charge in [0.25, 0.3) is 0 Å². The zero-order chi connectivity index (χ0) is 22.3. The van der Waals surface area contributed by atoms with Crippen LogP contribution in [0.25, 0.3) is 0 Å². The van der Waals surface area contributed by atoms with Crippen LogP contribution in [-0.4, -0.2) is 38.6 Å². The standard InChI is InChI=1S/C24H34O6/c1-4-9-18-20(12-11-19(22(18)26)23(27)28)30-13-8-6-5-7-10-17-14-16(2)15-21(25)24(17,3)29/h11-12,14-15,17,25-26,29H,4-10,13H2,1-3H3,(H,27,28). The van der Waals surface area contributed by atoms with E-state index in [1.54, 1.807) is 19.1 Å². The van der Waals surface area contributed by atoms with E-state index in [0.717, 1.165) is 44.1 Å². The summed E-state index contributed by atoms with van der Waals surface area (Å²) in [4.78, 5) is 11.2. The Balaban J connectivity index is 1.78. The number of rotatable bonds is 11. The van der Waals surface area contributed by atoms with Crippen LogP contribution in [0, 0.1) is 5.92 Å². The van der Waals surface area contributed by atoms with Gasteiger partial charge in [0.2, 0.25) is 0 Å². The van der Waals surface area contributed by atoms with Crippen molar-refractivity contribution in [1.29, 1.82) is 0 Å². The van der Waals surface area contributed by atoms with Crippen molar-refractivity contribution >= 4 is 5.97 Å². The number of ether oxygens (including phenoxy) is 1. The lowest BCUT2D eigenvalue weighted by atomic mass is 9.79. The van der Waals surface area contributed by atoms with Gasteiger partial charge in [-0.2, -0.15) is 0 Å². The fourth-order valence-electron chi connectivity index (χ4n) is 3.86. The Kier molecular flexibility index (Phi) is 8.35. The molecule has 30 heavy (non-hydrogen) atoms. The fourth-order valence-corrected chi connectivity index (χ4v) is 3.86. The lowest BCUT2D eigenvalue weighted by molar-refractivity contribution is 0.00889. The predicted molar refractivity (Wildman–Crippen MR) is 116 cm³/mol. The van der Waals surface area contributed by atoms with Crippen molar-refractivity contribution in [2.45, 2.75) is 71.3 Å². The number of hydrogen-bond donors (Lipinski definition) is 4. The van der Waals surface area contributed by atoms with E-state index in [2.05, 4.69) is 0 Å². The molecular formula is C24H34O6. The highest BCUT2D eigenvalue weighted by atomic mass is 16.5. The number of aliphatic hydroxyl groups excluding tert-OH is 1. The molecule has 0 spiro atoms. The highest BCUT2D eigenvalue weighted by Gasteiger charge is 2.36. The summed E-state index contributed by atoms with van der Waals surface area (Å²) in [6, 6.07) is 3.00. The maximum absolute atomic E-state index is 11.2. The molecule has 2 atom stereocenters. The quantitative estimate of drug-likeness (QED) is 0.371. The number of hydrogen-bond acceptors (Lipinski definition) is 5. The molecule has 0 fully saturated rings. The molecule has 1 aromatic carbocycles. The molecule has 0 amide bonds. The average Bonchev–Trinajstić information content (AvgIpc) is 2.67. The van der Waals surface area contributed by atoms with Gasteiger partial charge in [0, 0.05) is 11.5 Å². The third-order valence-corrected chi connectivity index (χ3v) is 5.71. The number of aromatic hydroxyl groups is 1. The molecule has 2 unspecified atom stereocenters. The molecule has 0 radical (unpaired) electrons. The summed E-state index contributed by atoms with van der Waals surface area (Å²) in [6.45, 7) is 6.03. The summed E-state index contributed by atoms with van der Waals surface area (Å²) in [5.41, 5.74) is 0.210. The minimum absolute atomic E-state index is 0.0287. The van der Waals surface area contributed by atoms with Crippen LogP contribution in [0.5, 0.6) is 11.5 Å². The lowest BCUT2D eigenvalue weighted by Crippen LogP contribution is -2.37. The molecule has 0 aliphatic heterocycles. The number of benzene rings is 1. The van der Waals surface area contributed by atoms with E-state index < -0.39 is 11.6 Å². The van der Waals surface area contributed by atoms with Gasteiger partial charge in [-0.3, -0.25) is 0 Å². The van der Waals surface area contributed by atoms with Crippen LogP contribution in [-0.2, 0) is 6.42 Å². The topological polar surface area (TPSA) is 107 Å². The third-order valence-electron chi connectivity index (χ3n) is 5.71. The molecule has 1 aromatic rings. The number of aromatic carboxylic acids is 1. The molecule has 6 heteroatoms. The largest absolute Gasteiger partial charge is 0.509 e. The molecular weight excluding hydrogens is 384 g/mol. The summed E-state index contributed by atoms with van der Waals surface area (Å²) in [6.07, 6.45) is 9.48. The summed E-state index contributed by atoms with van der Waals surface area (Å²) >= 11 is 0. The molecule has 1 aliphatic rings. The smallest absolute Gasteiger partial charge is 0.339 e. The first-order valence-corrected chi connectivity index (χ1v) is 10.7. The first kappa shape index (κ1) is 23.8. The van der Waals surface area contributed by atoms with E-state index in [1.165, 1.54) is 6.07 Å². The van der Waals surface area contributed by atoms with E-state index in [4.69, 9.17) is 9.84 Å². The maximum atomic E-state index is 11.2. The van der Waals surface area contributed by atoms with Crippen LogP contribution in [0.2, 0.25) is 0 Å². The molecule has 0 bridgehead atoms. The van der Waals surface area contributed by atoms with Gasteiger partial charge in [-0.05, 0) is 51.3 Å².